The van der Waals surface area contributed by atoms with Gasteiger partial charge in [-0.05, 0) is 61.1 Å². The van der Waals surface area contributed by atoms with Gasteiger partial charge in [-0.15, -0.1) is 0 Å². The molecule has 0 spiro atoms. The molecule has 2 aromatic rings. The Kier molecular flexibility index (Phi) is 4.79. The predicted octanol–water partition coefficient (Wildman–Crippen LogP) is 2.02. The number of nitrogens with two attached hydrogens (primary N) is 1. The normalized spacial score (nSPS) is 16.7. The van der Waals surface area contributed by atoms with Gasteiger partial charge in [-0.25, -0.2) is 4.98 Å². The lowest BCUT2D eigenvalue weighted by molar-refractivity contribution is 0.0745. The fourth-order valence-electron chi connectivity index (χ4n) is 4.01. The topological polar surface area (TPSA) is 79.5 Å². The monoisotopic (exact) mass is 364 g/mol. The van der Waals surface area contributed by atoms with Crippen LogP contribution in [0.3, 0.4) is 0 Å². The van der Waals surface area contributed by atoms with E-state index in [1.54, 1.807) is 18.3 Å². The third-order valence-electron chi connectivity index (χ3n) is 5.51. The highest BCUT2D eigenvalue weighted by atomic mass is 16.2. The summed E-state index contributed by atoms with van der Waals surface area (Å²) in [6, 6.07) is 9.55. The van der Waals surface area contributed by atoms with E-state index >= 15 is 0 Å². The fourth-order valence-corrected chi connectivity index (χ4v) is 4.01. The Balaban J connectivity index is 1.45. The third kappa shape index (κ3) is 3.52. The molecule has 1 aliphatic carbocycles. The van der Waals surface area contributed by atoms with Crippen molar-refractivity contribution in [2.24, 2.45) is 5.73 Å². The molecule has 2 aliphatic rings. The molecule has 6 heteroatoms. The number of aryl methyl sites for hydroxylation is 2. The van der Waals surface area contributed by atoms with E-state index < -0.39 is 5.91 Å². The number of carbonyl (C=O) groups is 2. The first-order chi connectivity index (χ1) is 13.1. The Morgan fingerprint density at radius 3 is 2.44 bits per heavy atom. The molecule has 1 saturated heterocycles. The minimum absolute atomic E-state index is 0.0826. The first-order valence-corrected chi connectivity index (χ1v) is 9.54. The summed E-state index contributed by atoms with van der Waals surface area (Å²) >= 11 is 0. The average Bonchev–Trinajstić information content (AvgIpc) is 2.73. The molecule has 2 heterocycles. The molecular formula is C21H24N4O2. The lowest BCUT2D eigenvalue weighted by atomic mass is 9.90. The molecule has 140 valence electrons. The summed E-state index contributed by atoms with van der Waals surface area (Å²) in [4.78, 5) is 32.8. The van der Waals surface area contributed by atoms with Gasteiger partial charge in [-0.1, -0.05) is 6.07 Å². The summed E-state index contributed by atoms with van der Waals surface area (Å²) in [6.07, 6.45) is 6.29. The van der Waals surface area contributed by atoms with Gasteiger partial charge in [-0.3, -0.25) is 9.59 Å². The van der Waals surface area contributed by atoms with Crippen LogP contribution < -0.4 is 10.6 Å². The van der Waals surface area contributed by atoms with Crippen LogP contribution in [-0.2, 0) is 12.8 Å². The Morgan fingerprint density at radius 2 is 1.70 bits per heavy atom. The first kappa shape index (κ1) is 17.5. The second kappa shape index (κ2) is 7.39. The van der Waals surface area contributed by atoms with Gasteiger partial charge in [0.05, 0.1) is 5.56 Å². The lowest BCUT2D eigenvalue weighted by Gasteiger charge is -2.36. The Labute approximate surface area is 159 Å². The number of hydrogen-bond acceptors (Lipinski definition) is 4. The molecule has 2 N–H and O–H groups in total. The summed E-state index contributed by atoms with van der Waals surface area (Å²) in [5.74, 6) is 0.204. The van der Waals surface area contributed by atoms with E-state index in [-0.39, 0.29) is 5.91 Å². The number of amides is 2. The van der Waals surface area contributed by atoms with Gasteiger partial charge in [0, 0.05) is 37.9 Å². The van der Waals surface area contributed by atoms with Crippen LogP contribution in [-0.4, -0.2) is 47.9 Å². The van der Waals surface area contributed by atoms with Crippen molar-refractivity contribution in [1.82, 2.24) is 9.88 Å². The summed E-state index contributed by atoms with van der Waals surface area (Å²) in [7, 11) is 0. The van der Waals surface area contributed by atoms with Gasteiger partial charge in [0.2, 0.25) is 0 Å². The number of anilines is 1. The first-order valence-electron chi connectivity index (χ1n) is 9.54. The van der Waals surface area contributed by atoms with Crippen molar-refractivity contribution < 1.29 is 9.59 Å². The highest BCUT2D eigenvalue weighted by molar-refractivity contribution is 5.98. The molecule has 0 saturated carbocycles. The van der Waals surface area contributed by atoms with Crippen molar-refractivity contribution in [3.8, 4) is 0 Å². The molecule has 0 radical (unpaired) electrons. The highest BCUT2D eigenvalue weighted by Gasteiger charge is 2.25. The van der Waals surface area contributed by atoms with Crippen LogP contribution in [0, 0.1) is 0 Å². The van der Waals surface area contributed by atoms with E-state index in [1.807, 2.05) is 15.9 Å². The molecule has 1 aliphatic heterocycles. The quantitative estimate of drug-likeness (QED) is 0.904. The maximum atomic E-state index is 12.9. The molecular weight excluding hydrogens is 340 g/mol. The predicted molar refractivity (Wildman–Crippen MR) is 104 cm³/mol. The van der Waals surface area contributed by atoms with Crippen molar-refractivity contribution in [1.29, 1.82) is 0 Å². The number of hydrogen-bond donors (Lipinski definition) is 1. The summed E-state index contributed by atoms with van der Waals surface area (Å²) in [6.45, 7) is 2.47. The minimum Gasteiger partial charge on any atom is -0.365 e. The van der Waals surface area contributed by atoms with Gasteiger partial charge < -0.3 is 15.5 Å². The number of nitrogens with zero attached hydrogens (tertiary/aromatic N) is 3. The summed E-state index contributed by atoms with van der Waals surface area (Å²) in [5.41, 5.74) is 9.37. The smallest absolute Gasteiger partial charge is 0.253 e. The van der Waals surface area contributed by atoms with Crippen molar-refractivity contribution in [3.63, 3.8) is 0 Å². The number of benzene rings is 1. The molecule has 27 heavy (non-hydrogen) atoms. The summed E-state index contributed by atoms with van der Waals surface area (Å²) < 4.78 is 0. The number of pyridine rings is 1. The maximum Gasteiger partial charge on any atom is 0.253 e. The van der Waals surface area contributed by atoms with E-state index in [1.165, 1.54) is 24.0 Å². The third-order valence-corrected chi connectivity index (χ3v) is 5.51. The fraction of sp³-hybridized carbons (Fsp3) is 0.381. The SMILES string of the molecule is NC(=O)c1cccnc1N1CCN(C(=O)c2ccc3c(c2)CCCC3)CC1. The second-order valence-electron chi connectivity index (χ2n) is 7.21. The zero-order chi connectivity index (χ0) is 18.8. The van der Waals surface area contributed by atoms with Crippen LogP contribution in [0.4, 0.5) is 5.82 Å². The molecule has 1 fully saturated rings. The van der Waals surface area contributed by atoms with E-state index in [0.717, 1.165) is 18.4 Å². The van der Waals surface area contributed by atoms with Gasteiger partial charge >= 0.3 is 0 Å². The van der Waals surface area contributed by atoms with E-state index in [4.69, 9.17) is 5.73 Å². The number of primary amides is 1. The Bertz CT molecular complexity index is 872. The summed E-state index contributed by atoms with van der Waals surface area (Å²) in [5, 5.41) is 0. The van der Waals surface area contributed by atoms with Crippen molar-refractivity contribution >= 4 is 17.6 Å². The average molecular weight is 364 g/mol. The molecule has 6 nitrogen and oxygen atoms in total. The van der Waals surface area contributed by atoms with Crippen LogP contribution in [0.25, 0.3) is 0 Å². The van der Waals surface area contributed by atoms with Crippen LogP contribution in [0.1, 0.15) is 44.7 Å². The molecule has 4 rings (SSSR count). The molecule has 0 bridgehead atoms. The van der Waals surface area contributed by atoms with Crippen LogP contribution in [0.2, 0.25) is 0 Å². The number of rotatable bonds is 3. The van der Waals surface area contributed by atoms with Gasteiger partial charge in [0.15, 0.2) is 0 Å². The van der Waals surface area contributed by atoms with Gasteiger partial charge in [-0.2, -0.15) is 0 Å². The number of fused-ring (bicyclic) bond motifs is 1. The largest absolute Gasteiger partial charge is 0.365 e. The van der Waals surface area contributed by atoms with Crippen molar-refractivity contribution in [2.75, 3.05) is 31.1 Å². The Morgan fingerprint density at radius 1 is 0.963 bits per heavy atom. The molecule has 2 amide bonds. The van der Waals surface area contributed by atoms with E-state index in [9.17, 15) is 9.59 Å². The number of aromatic nitrogens is 1. The minimum atomic E-state index is -0.481. The molecule has 1 aromatic carbocycles. The number of piperazine rings is 1. The second-order valence-corrected chi connectivity index (χ2v) is 7.21. The van der Waals surface area contributed by atoms with Crippen molar-refractivity contribution in [2.45, 2.75) is 25.7 Å². The zero-order valence-electron chi connectivity index (χ0n) is 15.4. The standard InChI is InChI=1S/C21H24N4O2/c22-19(26)18-6-3-9-23-20(18)24-10-12-25(13-11-24)21(27)17-8-7-15-4-1-2-5-16(15)14-17/h3,6-9,14H,1-2,4-5,10-13H2,(H2,22,26). The molecule has 0 atom stereocenters. The van der Waals surface area contributed by atoms with Gasteiger partial charge in [0.25, 0.3) is 11.8 Å². The van der Waals surface area contributed by atoms with Gasteiger partial charge in [0.1, 0.15) is 5.82 Å². The van der Waals surface area contributed by atoms with Crippen molar-refractivity contribution in [3.05, 3.63) is 58.8 Å². The van der Waals surface area contributed by atoms with E-state index in [0.29, 0.717) is 37.6 Å². The van der Waals surface area contributed by atoms with Crippen LogP contribution >= 0.6 is 0 Å². The zero-order valence-corrected chi connectivity index (χ0v) is 15.4. The number of carbonyl (C=O) groups excluding carboxylic acids is 2. The maximum absolute atomic E-state index is 12.9. The van der Waals surface area contributed by atoms with Crippen LogP contribution in [0.5, 0.6) is 0 Å². The lowest BCUT2D eigenvalue weighted by Crippen LogP contribution is -2.49. The Hall–Kier alpha value is -2.89. The highest BCUT2D eigenvalue weighted by Crippen LogP contribution is 2.24. The molecule has 1 aromatic heterocycles. The van der Waals surface area contributed by atoms with E-state index in [2.05, 4.69) is 17.1 Å². The molecule has 0 unspecified atom stereocenters. The van der Waals surface area contributed by atoms with Crippen LogP contribution in [0.15, 0.2) is 36.5 Å².